The molecule has 3 atom stereocenters. The minimum Gasteiger partial charge on any atom is -0.479 e. The molecule has 33 heavy (non-hydrogen) atoms. The van der Waals surface area contributed by atoms with Crippen molar-refractivity contribution < 1.29 is 29.3 Å². The molecule has 3 aliphatic rings. The van der Waals surface area contributed by atoms with Gasteiger partial charge in [0, 0.05) is 31.3 Å². The van der Waals surface area contributed by atoms with Gasteiger partial charge in [-0.1, -0.05) is 48.5 Å². The number of carbonyl (C=O) groups excluding carboxylic acids is 2. The summed E-state index contributed by atoms with van der Waals surface area (Å²) in [6.45, 7) is 0.591. The van der Waals surface area contributed by atoms with Crippen LogP contribution in [-0.4, -0.2) is 64.9 Å². The van der Waals surface area contributed by atoms with Crippen LogP contribution in [0.15, 0.2) is 48.5 Å². The Labute approximate surface area is 191 Å². The minimum absolute atomic E-state index is 0.00324. The van der Waals surface area contributed by atoms with E-state index in [9.17, 15) is 19.5 Å². The van der Waals surface area contributed by atoms with Gasteiger partial charge >= 0.3 is 12.1 Å². The molecule has 1 saturated heterocycles. The number of aliphatic hydroxyl groups is 1. The fraction of sp³-hybridized carbons (Fsp3) is 0.400. The van der Waals surface area contributed by atoms with Crippen LogP contribution in [0.1, 0.15) is 29.9 Å². The molecule has 0 radical (unpaired) electrons. The number of aliphatic carboxylic acids is 1. The summed E-state index contributed by atoms with van der Waals surface area (Å²) < 4.78 is 5.52. The number of ether oxygens (including phenoxy) is 1. The Morgan fingerprint density at radius 2 is 1.70 bits per heavy atom. The molecule has 0 aromatic heterocycles. The lowest BCUT2D eigenvalue weighted by Gasteiger charge is -2.19. The van der Waals surface area contributed by atoms with Gasteiger partial charge in [0.25, 0.3) is 0 Å². The maximum Gasteiger partial charge on any atom is 0.407 e. The molecule has 2 amide bonds. The molecule has 8 nitrogen and oxygen atoms in total. The second-order valence-corrected chi connectivity index (χ2v) is 9.16. The number of β-amino-alcohol motifs (C(OH)–C–C–N with tert-alkyl or cyclic N) is 1. The smallest absolute Gasteiger partial charge is 0.407 e. The normalized spacial score (nSPS) is 25.3. The molecule has 5 rings (SSSR count). The van der Waals surface area contributed by atoms with Crippen molar-refractivity contribution >= 4 is 18.0 Å². The predicted octanol–water partition coefficient (Wildman–Crippen LogP) is 2.21. The zero-order chi connectivity index (χ0) is 23.2. The second-order valence-electron chi connectivity index (χ2n) is 9.16. The van der Waals surface area contributed by atoms with E-state index < -0.39 is 17.7 Å². The molecule has 3 unspecified atom stereocenters. The van der Waals surface area contributed by atoms with E-state index in [1.807, 2.05) is 24.3 Å². The van der Waals surface area contributed by atoms with Gasteiger partial charge in [0.1, 0.15) is 6.61 Å². The Morgan fingerprint density at radius 1 is 1.06 bits per heavy atom. The topological polar surface area (TPSA) is 116 Å². The summed E-state index contributed by atoms with van der Waals surface area (Å²) in [5.74, 6) is -1.73. The van der Waals surface area contributed by atoms with Gasteiger partial charge in [0.15, 0.2) is 5.60 Å². The highest BCUT2D eigenvalue weighted by Crippen LogP contribution is 2.44. The lowest BCUT2D eigenvalue weighted by molar-refractivity contribution is -0.157. The highest BCUT2D eigenvalue weighted by molar-refractivity contribution is 5.85. The number of carboxylic acid groups (broad SMARTS) is 1. The zero-order valence-corrected chi connectivity index (χ0v) is 18.1. The van der Waals surface area contributed by atoms with Crippen LogP contribution >= 0.6 is 0 Å². The van der Waals surface area contributed by atoms with Gasteiger partial charge in [-0.05, 0) is 34.6 Å². The molecule has 1 saturated carbocycles. The van der Waals surface area contributed by atoms with E-state index in [1.165, 1.54) is 4.90 Å². The summed E-state index contributed by atoms with van der Waals surface area (Å²) >= 11 is 0. The molecule has 3 N–H and O–H groups in total. The van der Waals surface area contributed by atoms with E-state index in [1.54, 1.807) is 0 Å². The number of rotatable bonds is 6. The first-order valence-electron chi connectivity index (χ1n) is 11.2. The van der Waals surface area contributed by atoms with Gasteiger partial charge in [-0.15, -0.1) is 0 Å². The second kappa shape index (κ2) is 8.19. The third kappa shape index (κ3) is 3.95. The van der Waals surface area contributed by atoms with E-state index in [4.69, 9.17) is 9.84 Å². The van der Waals surface area contributed by atoms with Crippen molar-refractivity contribution in [3.63, 3.8) is 0 Å². The predicted molar refractivity (Wildman–Crippen MR) is 118 cm³/mol. The van der Waals surface area contributed by atoms with E-state index in [0.29, 0.717) is 13.0 Å². The van der Waals surface area contributed by atoms with Gasteiger partial charge in [-0.25, -0.2) is 9.59 Å². The monoisotopic (exact) mass is 450 g/mol. The maximum absolute atomic E-state index is 12.6. The Morgan fingerprint density at radius 3 is 2.30 bits per heavy atom. The molecule has 8 heteroatoms. The number of alkyl carbamates (subject to hydrolysis) is 1. The molecular formula is C25H26N2O6. The summed E-state index contributed by atoms with van der Waals surface area (Å²) in [5.41, 5.74) is 2.76. The number of carbonyl (C=O) groups is 3. The van der Waals surface area contributed by atoms with Crippen LogP contribution in [0.3, 0.4) is 0 Å². The molecule has 0 spiro atoms. The number of hydrogen-bond donors (Lipinski definition) is 3. The number of nitrogens with one attached hydrogen (secondary N) is 1. The third-order valence-corrected chi connectivity index (χ3v) is 7.05. The van der Waals surface area contributed by atoms with Crippen LogP contribution < -0.4 is 5.32 Å². The van der Waals surface area contributed by atoms with Gasteiger partial charge < -0.3 is 25.2 Å². The maximum atomic E-state index is 12.6. The van der Waals surface area contributed by atoms with Gasteiger partial charge in [-0.3, -0.25) is 4.79 Å². The number of benzene rings is 2. The number of amides is 2. The quantitative estimate of drug-likeness (QED) is 0.622. The van der Waals surface area contributed by atoms with Crippen molar-refractivity contribution in [3.8, 4) is 11.1 Å². The molecule has 172 valence electrons. The summed E-state index contributed by atoms with van der Waals surface area (Å²) in [7, 11) is 0. The standard InChI is InChI=1S/C25H26N2O6/c28-22(27-10-9-25(32,14-27)23(29)30)20-11-15(20)12-26-24(31)33-13-21-18-7-3-1-5-16(18)17-6-2-4-8-19(17)21/h1-8,15,20-21,32H,9-14H2,(H,26,31)(H,29,30). The molecule has 0 bridgehead atoms. The average molecular weight is 450 g/mol. The summed E-state index contributed by atoms with van der Waals surface area (Å²) in [6.07, 6.45) is 0.143. The molecular weight excluding hydrogens is 424 g/mol. The fourth-order valence-electron chi connectivity index (χ4n) is 5.03. The summed E-state index contributed by atoms with van der Waals surface area (Å²) in [6, 6.07) is 16.3. The van der Waals surface area contributed by atoms with Crippen LogP contribution in [0.25, 0.3) is 11.1 Å². The SMILES string of the molecule is O=C(NCC1CC1C(=O)N1CCC(O)(C(=O)O)C1)OCC1c2ccccc2-c2ccccc21. The Hall–Kier alpha value is -3.39. The Kier molecular flexibility index (Phi) is 5.32. The minimum atomic E-state index is -1.86. The average Bonchev–Trinajstić information content (AvgIpc) is 3.37. The Balaban J connectivity index is 1.11. The van der Waals surface area contributed by atoms with E-state index >= 15 is 0 Å². The zero-order valence-electron chi connectivity index (χ0n) is 18.1. The molecule has 2 aromatic carbocycles. The molecule has 1 heterocycles. The van der Waals surface area contributed by atoms with Crippen molar-refractivity contribution in [2.45, 2.75) is 24.4 Å². The molecule has 1 aliphatic heterocycles. The van der Waals surface area contributed by atoms with Crippen LogP contribution in [0.4, 0.5) is 4.79 Å². The van der Waals surface area contributed by atoms with Crippen molar-refractivity contribution in [2.75, 3.05) is 26.2 Å². The first kappa shape index (κ1) is 21.5. The van der Waals surface area contributed by atoms with Gasteiger partial charge in [0.05, 0.1) is 6.54 Å². The number of carboxylic acids is 1. The van der Waals surface area contributed by atoms with Crippen LogP contribution in [0, 0.1) is 11.8 Å². The highest BCUT2D eigenvalue weighted by atomic mass is 16.5. The van der Waals surface area contributed by atoms with Crippen molar-refractivity contribution in [3.05, 3.63) is 59.7 Å². The fourth-order valence-corrected chi connectivity index (χ4v) is 5.03. The first-order valence-corrected chi connectivity index (χ1v) is 11.2. The summed E-state index contributed by atoms with van der Waals surface area (Å²) in [5, 5.41) is 21.9. The Bertz CT molecular complexity index is 1070. The van der Waals surface area contributed by atoms with Crippen LogP contribution in [0.5, 0.6) is 0 Å². The number of fused-ring (bicyclic) bond motifs is 3. The third-order valence-electron chi connectivity index (χ3n) is 7.05. The van der Waals surface area contributed by atoms with E-state index in [2.05, 4.69) is 29.6 Å². The largest absolute Gasteiger partial charge is 0.479 e. The van der Waals surface area contributed by atoms with Crippen molar-refractivity contribution in [1.82, 2.24) is 10.2 Å². The lowest BCUT2D eigenvalue weighted by atomic mass is 9.98. The highest BCUT2D eigenvalue weighted by Gasteiger charge is 2.50. The van der Waals surface area contributed by atoms with Crippen LogP contribution in [-0.2, 0) is 14.3 Å². The van der Waals surface area contributed by atoms with Crippen LogP contribution in [0.2, 0.25) is 0 Å². The molecule has 2 aliphatic carbocycles. The van der Waals surface area contributed by atoms with Crippen molar-refractivity contribution in [2.24, 2.45) is 11.8 Å². The molecule has 2 fully saturated rings. The summed E-state index contributed by atoms with van der Waals surface area (Å²) in [4.78, 5) is 37.5. The van der Waals surface area contributed by atoms with Crippen molar-refractivity contribution in [1.29, 1.82) is 0 Å². The van der Waals surface area contributed by atoms with E-state index in [-0.39, 0.29) is 49.8 Å². The number of hydrogen-bond acceptors (Lipinski definition) is 5. The first-order chi connectivity index (χ1) is 15.9. The van der Waals surface area contributed by atoms with E-state index in [0.717, 1.165) is 22.3 Å². The lowest BCUT2D eigenvalue weighted by Crippen LogP contribution is -2.43. The number of nitrogens with zero attached hydrogens (tertiary/aromatic N) is 1. The van der Waals surface area contributed by atoms with Gasteiger partial charge in [-0.2, -0.15) is 0 Å². The number of likely N-dealkylation sites (tertiary alicyclic amines) is 1. The molecule has 2 aromatic rings. The van der Waals surface area contributed by atoms with Gasteiger partial charge in [0.2, 0.25) is 5.91 Å².